The highest BCUT2D eigenvalue weighted by Crippen LogP contribution is 2.39. The molecule has 3 heterocycles. The Kier molecular flexibility index (Phi) is 5.29. The van der Waals surface area contributed by atoms with Gasteiger partial charge in [0.25, 0.3) is 11.5 Å². The van der Waals surface area contributed by atoms with Gasteiger partial charge in [0.15, 0.2) is 5.78 Å². The molecule has 1 N–H and O–H groups in total. The van der Waals surface area contributed by atoms with Crippen molar-refractivity contribution >= 4 is 23.3 Å². The molecule has 0 atom stereocenters. The van der Waals surface area contributed by atoms with Gasteiger partial charge in [-0.05, 0) is 43.3 Å². The number of hydrogen-bond acceptors (Lipinski definition) is 5. The number of aryl methyl sites for hydroxylation is 1. The third-order valence-corrected chi connectivity index (χ3v) is 6.61. The molecule has 2 aliphatic rings. The van der Waals surface area contributed by atoms with Crippen LogP contribution >= 0.6 is 11.6 Å². The highest BCUT2D eigenvalue weighted by molar-refractivity contribution is 6.30. The van der Waals surface area contributed by atoms with Crippen molar-refractivity contribution in [2.75, 3.05) is 13.1 Å². The number of nitrogens with one attached hydrogen (secondary N) is 1. The molecule has 0 unspecified atom stereocenters. The monoisotopic (exact) mass is 463 g/mol. The second kappa shape index (κ2) is 8.15. The lowest BCUT2D eigenvalue weighted by Gasteiger charge is -2.43. The molecule has 33 heavy (non-hydrogen) atoms. The van der Waals surface area contributed by atoms with E-state index in [1.54, 1.807) is 29.2 Å². The normalized spacial score (nSPS) is 16.9. The Morgan fingerprint density at radius 3 is 2.55 bits per heavy atom. The van der Waals surface area contributed by atoms with Crippen molar-refractivity contribution in [2.24, 2.45) is 0 Å². The largest absolute Gasteiger partial charge is 0.486 e. The van der Waals surface area contributed by atoms with E-state index in [0.29, 0.717) is 60.1 Å². The lowest BCUT2D eigenvalue weighted by molar-refractivity contribution is -0.00577. The van der Waals surface area contributed by atoms with Crippen LogP contribution < -0.4 is 10.3 Å². The van der Waals surface area contributed by atoms with Crippen molar-refractivity contribution in [1.29, 1.82) is 0 Å². The van der Waals surface area contributed by atoms with Gasteiger partial charge in [0.05, 0.1) is 12.0 Å². The maximum Gasteiger partial charge on any atom is 0.264 e. The quantitative estimate of drug-likeness (QED) is 0.619. The van der Waals surface area contributed by atoms with Crippen molar-refractivity contribution in [1.82, 2.24) is 14.9 Å². The van der Waals surface area contributed by atoms with Gasteiger partial charge in [-0.3, -0.25) is 14.4 Å². The summed E-state index contributed by atoms with van der Waals surface area (Å²) in [7, 11) is 0. The maximum absolute atomic E-state index is 13.0. The molecule has 0 saturated carbocycles. The predicted molar refractivity (Wildman–Crippen MR) is 124 cm³/mol. The summed E-state index contributed by atoms with van der Waals surface area (Å²) in [5.41, 5.74) is 1.23. The van der Waals surface area contributed by atoms with E-state index < -0.39 is 11.2 Å². The third kappa shape index (κ3) is 4.04. The van der Waals surface area contributed by atoms with E-state index in [9.17, 15) is 14.4 Å². The van der Waals surface area contributed by atoms with Crippen LogP contribution in [0.2, 0.25) is 5.02 Å². The van der Waals surface area contributed by atoms with Gasteiger partial charge in [-0.1, -0.05) is 23.2 Å². The molecule has 7 nitrogen and oxygen atoms in total. The molecule has 0 radical (unpaired) electrons. The zero-order chi connectivity index (χ0) is 23.2. The Balaban J connectivity index is 1.30. The molecule has 1 aromatic heterocycles. The van der Waals surface area contributed by atoms with Crippen LogP contribution in [0.4, 0.5) is 0 Å². The van der Waals surface area contributed by atoms with E-state index in [-0.39, 0.29) is 17.3 Å². The smallest absolute Gasteiger partial charge is 0.264 e. The lowest BCUT2D eigenvalue weighted by atomic mass is 9.82. The number of halogens is 1. The van der Waals surface area contributed by atoms with Crippen molar-refractivity contribution in [3.8, 4) is 17.1 Å². The number of carbonyl (C=O) groups is 2. The minimum absolute atomic E-state index is 0.00915. The fraction of sp³-hybridized carbons (Fsp3) is 0.280. The molecule has 0 aliphatic carbocycles. The average Bonchev–Trinajstić information content (AvgIpc) is 2.80. The summed E-state index contributed by atoms with van der Waals surface area (Å²) in [6, 6.07) is 12.5. The number of aromatic nitrogens is 2. The van der Waals surface area contributed by atoms with Crippen LogP contribution in [0.5, 0.6) is 5.75 Å². The zero-order valence-electron chi connectivity index (χ0n) is 18.1. The molecular weight excluding hydrogens is 442 g/mol. The second-order valence-electron chi connectivity index (χ2n) is 8.66. The summed E-state index contributed by atoms with van der Waals surface area (Å²) < 4.78 is 6.27. The van der Waals surface area contributed by atoms with Crippen LogP contribution in [-0.4, -0.2) is 45.2 Å². The zero-order valence-corrected chi connectivity index (χ0v) is 18.8. The molecule has 168 valence electrons. The summed E-state index contributed by atoms with van der Waals surface area (Å²) in [6.07, 6.45) is 2.65. The number of benzene rings is 2. The summed E-state index contributed by atoms with van der Waals surface area (Å²) in [5.74, 6) is 0.668. The van der Waals surface area contributed by atoms with Gasteiger partial charge < -0.3 is 14.6 Å². The Labute approximate surface area is 195 Å². The van der Waals surface area contributed by atoms with Crippen molar-refractivity contribution < 1.29 is 14.3 Å². The van der Waals surface area contributed by atoms with Gasteiger partial charge in [0.1, 0.15) is 22.7 Å². The molecule has 5 rings (SSSR count). The Morgan fingerprint density at radius 2 is 1.85 bits per heavy atom. The first-order valence-electron chi connectivity index (χ1n) is 10.8. The third-order valence-electron chi connectivity index (χ3n) is 6.35. The molecule has 3 aromatic rings. The number of Topliss-reactive ketones (excluding diaryl/α,β-unsaturated/α-hetero) is 1. The predicted octanol–water partition coefficient (Wildman–Crippen LogP) is 4.04. The molecule has 1 amide bonds. The summed E-state index contributed by atoms with van der Waals surface area (Å²) in [5, 5.41) is 0.581. The number of ketones is 1. The highest BCUT2D eigenvalue weighted by atomic mass is 35.5. The average molecular weight is 464 g/mol. The number of amides is 1. The van der Waals surface area contributed by atoms with Crippen LogP contribution in [0.15, 0.2) is 53.5 Å². The van der Waals surface area contributed by atoms with Crippen LogP contribution in [0.1, 0.15) is 45.5 Å². The Morgan fingerprint density at radius 1 is 1.12 bits per heavy atom. The molecule has 2 aromatic carbocycles. The standard InChI is InChI=1S/C25H22ClN3O4/c1-15-2-7-21-18(12-15)20(30)13-25(33-21)8-10-29(11-9-25)24(32)19-14-27-22(28-23(19)31)16-3-5-17(26)6-4-16/h2-7,12,14H,8-11,13H2,1H3,(H,27,28,31). The van der Waals surface area contributed by atoms with Crippen molar-refractivity contribution in [3.63, 3.8) is 0 Å². The van der Waals surface area contributed by atoms with Crippen molar-refractivity contribution in [2.45, 2.75) is 31.8 Å². The minimum atomic E-state index is -0.612. The number of ether oxygens (including phenoxy) is 1. The first-order chi connectivity index (χ1) is 15.8. The highest BCUT2D eigenvalue weighted by Gasteiger charge is 2.44. The van der Waals surface area contributed by atoms with E-state index in [1.807, 2.05) is 25.1 Å². The first-order valence-corrected chi connectivity index (χ1v) is 11.2. The lowest BCUT2D eigenvalue weighted by Crippen LogP contribution is -2.52. The molecule has 0 bridgehead atoms. The maximum atomic E-state index is 13.0. The molecule has 1 fully saturated rings. The summed E-state index contributed by atoms with van der Waals surface area (Å²) in [4.78, 5) is 47.0. The number of likely N-dealkylation sites (tertiary alicyclic amines) is 1. The van der Waals surface area contributed by atoms with Crippen LogP contribution in [-0.2, 0) is 0 Å². The van der Waals surface area contributed by atoms with E-state index in [0.717, 1.165) is 5.56 Å². The van der Waals surface area contributed by atoms with Gasteiger partial charge in [-0.15, -0.1) is 0 Å². The van der Waals surface area contributed by atoms with Gasteiger partial charge in [0.2, 0.25) is 0 Å². The molecule has 2 aliphatic heterocycles. The van der Waals surface area contributed by atoms with E-state index in [4.69, 9.17) is 16.3 Å². The van der Waals surface area contributed by atoms with Crippen LogP contribution in [0.25, 0.3) is 11.4 Å². The topological polar surface area (TPSA) is 92.4 Å². The first kappa shape index (κ1) is 21.4. The number of nitrogens with zero attached hydrogens (tertiary/aromatic N) is 2. The Hall–Kier alpha value is -3.45. The van der Waals surface area contributed by atoms with E-state index in [1.165, 1.54) is 6.20 Å². The number of rotatable bonds is 2. The number of aromatic amines is 1. The Bertz CT molecular complexity index is 1310. The van der Waals surface area contributed by atoms with Gasteiger partial charge in [0, 0.05) is 42.7 Å². The van der Waals surface area contributed by atoms with E-state index >= 15 is 0 Å². The minimum Gasteiger partial charge on any atom is -0.486 e. The molecule has 8 heteroatoms. The second-order valence-corrected chi connectivity index (χ2v) is 9.09. The van der Waals surface area contributed by atoms with Crippen LogP contribution in [0, 0.1) is 6.92 Å². The number of H-pyrrole nitrogens is 1. The fourth-order valence-corrected chi connectivity index (χ4v) is 4.60. The number of fused-ring (bicyclic) bond motifs is 1. The van der Waals surface area contributed by atoms with Gasteiger partial charge in [-0.25, -0.2) is 4.98 Å². The van der Waals surface area contributed by atoms with Crippen LogP contribution in [0.3, 0.4) is 0 Å². The molecule has 1 spiro atoms. The molecular formula is C25H22ClN3O4. The van der Waals surface area contributed by atoms with Crippen molar-refractivity contribution in [3.05, 3.63) is 80.7 Å². The fourth-order valence-electron chi connectivity index (χ4n) is 4.48. The number of hydrogen-bond donors (Lipinski definition) is 1. The number of carbonyl (C=O) groups excluding carboxylic acids is 2. The summed E-state index contributed by atoms with van der Waals surface area (Å²) >= 11 is 5.91. The number of piperidine rings is 1. The van der Waals surface area contributed by atoms with Gasteiger partial charge in [-0.2, -0.15) is 0 Å². The van der Waals surface area contributed by atoms with Gasteiger partial charge >= 0.3 is 0 Å². The summed E-state index contributed by atoms with van der Waals surface area (Å²) in [6.45, 7) is 2.73. The van der Waals surface area contributed by atoms with E-state index in [2.05, 4.69) is 9.97 Å². The SMILES string of the molecule is Cc1ccc2c(c1)C(=O)CC1(CCN(C(=O)c3cnc(-c4ccc(Cl)cc4)[nH]c3=O)CC1)O2. The molecule has 1 saturated heterocycles.